The minimum absolute atomic E-state index is 0.480. The minimum Gasteiger partial charge on any atom is -0.383 e. The molecular weight excluding hydrogens is 218 g/mol. The van der Waals surface area contributed by atoms with Crippen LogP contribution in [0.25, 0.3) is 0 Å². The maximum Gasteiger partial charge on any atom is 0.0342 e. The Bertz CT molecular complexity index is 480. The van der Waals surface area contributed by atoms with Crippen molar-refractivity contribution >= 4 is 5.69 Å². The molecule has 0 amide bonds. The molecule has 0 unspecified atom stereocenters. The zero-order valence-electron chi connectivity index (χ0n) is 11.4. The van der Waals surface area contributed by atoms with Gasteiger partial charge in [-0.2, -0.15) is 0 Å². The number of hydrogen-bond acceptors (Lipinski definition) is 1. The molecule has 0 fully saturated rings. The lowest BCUT2D eigenvalue weighted by atomic mass is 10.0. The molecule has 0 heterocycles. The average Bonchev–Trinajstić information content (AvgIpc) is 2.34. The third kappa shape index (κ3) is 3.63. The Morgan fingerprint density at radius 2 is 1.33 bits per heavy atom. The summed E-state index contributed by atoms with van der Waals surface area (Å²) >= 11 is 0. The van der Waals surface area contributed by atoms with Crippen molar-refractivity contribution in [2.45, 2.75) is 33.2 Å². The van der Waals surface area contributed by atoms with Crippen molar-refractivity contribution in [2.75, 3.05) is 5.32 Å². The average molecular weight is 239 g/mol. The quantitative estimate of drug-likeness (QED) is 0.833. The van der Waals surface area contributed by atoms with E-state index < -0.39 is 0 Å². The summed E-state index contributed by atoms with van der Waals surface area (Å²) < 4.78 is 0. The second-order valence-electron chi connectivity index (χ2n) is 5.16. The van der Waals surface area contributed by atoms with Gasteiger partial charge in [-0.3, -0.25) is 0 Å². The number of nitrogens with one attached hydrogen (secondary N) is 1. The van der Waals surface area contributed by atoms with E-state index in [0.717, 1.165) is 6.42 Å². The number of anilines is 1. The molecule has 0 atom stereocenters. The molecule has 2 aromatic rings. The van der Waals surface area contributed by atoms with Crippen molar-refractivity contribution in [2.24, 2.45) is 0 Å². The highest BCUT2D eigenvalue weighted by Gasteiger charge is 1.98. The first-order valence-corrected chi connectivity index (χ1v) is 6.54. The van der Waals surface area contributed by atoms with Gasteiger partial charge in [-0.25, -0.2) is 0 Å². The van der Waals surface area contributed by atoms with E-state index in [1.807, 2.05) is 0 Å². The first-order valence-electron chi connectivity index (χ1n) is 6.54. The van der Waals surface area contributed by atoms with E-state index in [-0.39, 0.29) is 0 Å². The van der Waals surface area contributed by atoms with Crippen LogP contribution in [0.5, 0.6) is 0 Å². The molecule has 2 rings (SSSR count). The van der Waals surface area contributed by atoms with Crippen molar-refractivity contribution in [1.29, 1.82) is 0 Å². The van der Waals surface area contributed by atoms with Gasteiger partial charge in [0.15, 0.2) is 0 Å². The largest absolute Gasteiger partial charge is 0.383 e. The Morgan fingerprint density at radius 3 is 1.83 bits per heavy atom. The van der Waals surface area contributed by atoms with E-state index in [2.05, 4.69) is 74.6 Å². The first kappa shape index (κ1) is 12.7. The zero-order valence-corrected chi connectivity index (χ0v) is 11.4. The van der Waals surface area contributed by atoms with Crippen LogP contribution in [0.3, 0.4) is 0 Å². The third-order valence-electron chi connectivity index (χ3n) is 2.94. The number of aryl methyl sites for hydroxylation is 1. The van der Waals surface area contributed by atoms with Gasteiger partial charge in [-0.05, 0) is 50.5 Å². The van der Waals surface area contributed by atoms with Gasteiger partial charge >= 0.3 is 0 Å². The van der Waals surface area contributed by atoms with Crippen LogP contribution >= 0.6 is 0 Å². The van der Waals surface area contributed by atoms with Crippen LogP contribution in [0.2, 0.25) is 0 Å². The van der Waals surface area contributed by atoms with Gasteiger partial charge in [0.1, 0.15) is 0 Å². The lowest BCUT2D eigenvalue weighted by molar-refractivity contribution is 0.899. The molecular formula is C17H21N. The molecule has 0 aliphatic rings. The van der Waals surface area contributed by atoms with Crippen LogP contribution < -0.4 is 5.32 Å². The van der Waals surface area contributed by atoms with Gasteiger partial charge in [-0.1, -0.05) is 42.0 Å². The highest BCUT2D eigenvalue weighted by Crippen LogP contribution is 2.14. The molecule has 0 spiro atoms. The van der Waals surface area contributed by atoms with E-state index in [1.54, 1.807) is 0 Å². The normalized spacial score (nSPS) is 10.7. The van der Waals surface area contributed by atoms with Crippen LogP contribution in [-0.2, 0) is 6.42 Å². The molecule has 0 bridgehead atoms. The molecule has 0 aliphatic heterocycles. The molecule has 1 nitrogen and oxygen atoms in total. The van der Waals surface area contributed by atoms with Crippen LogP contribution in [-0.4, -0.2) is 6.04 Å². The molecule has 0 saturated carbocycles. The number of benzene rings is 2. The molecule has 1 heteroatoms. The molecule has 0 aliphatic carbocycles. The van der Waals surface area contributed by atoms with Gasteiger partial charge in [-0.15, -0.1) is 0 Å². The molecule has 0 radical (unpaired) electrons. The summed E-state index contributed by atoms with van der Waals surface area (Å²) in [5, 5.41) is 3.40. The Balaban J connectivity index is 2.04. The predicted molar refractivity (Wildman–Crippen MR) is 79.2 cm³/mol. The zero-order chi connectivity index (χ0) is 13.0. The maximum absolute atomic E-state index is 3.40. The van der Waals surface area contributed by atoms with Crippen molar-refractivity contribution in [1.82, 2.24) is 0 Å². The van der Waals surface area contributed by atoms with Gasteiger partial charge in [0.2, 0.25) is 0 Å². The van der Waals surface area contributed by atoms with Crippen molar-refractivity contribution in [3.05, 3.63) is 65.2 Å². The standard InChI is InChI=1S/C17H21N/c1-13(2)18-17-10-8-16(9-11-17)12-15-6-4-14(3)5-7-15/h4-11,13,18H,12H2,1-3H3. The van der Waals surface area contributed by atoms with E-state index in [9.17, 15) is 0 Å². The molecule has 0 saturated heterocycles. The number of rotatable bonds is 4. The van der Waals surface area contributed by atoms with Crippen LogP contribution in [0, 0.1) is 6.92 Å². The van der Waals surface area contributed by atoms with E-state index in [0.29, 0.717) is 6.04 Å². The summed E-state index contributed by atoms with van der Waals surface area (Å²) in [6.45, 7) is 6.43. The summed E-state index contributed by atoms with van der Waals surface area (Å²) in [5.74, 6) is 0. The second kappa shape index (κ2) is 5.72. The van der Waals surface area contributed by atoms with Crippen LogP contribution in [0.4, 0.5) is 5.69 Å². The van der Waals surface area contributed by atoms with E-state index in [1.165, 1.54) is 22.4 Å². The van der Waals surface area contributed by atoms with Crippen molar-refractivity contribution in [3.8, 4) is 0 Å². The Morgan fingerprint density at radius 1 is 0.833 bits per heavy atom. The Hall–Kier alpha value is -1.76. The van der Waals surface area contributed by atoms with Crippen LogP contribution in [0.1, 0.15) is 30.5 Å². The summed E-state index contributed by atoms with van der Waals surface area (Å²) in [7, 11) is 0. The fraction of sp³-hybridized carbons (Fsp3) is 0.294. The molecule has 1 N–H and O–H groups in total. The van der Waals surface area contributed by atoms with Crippen molar-refractivity contribution < 1.29 is 0 Å². The van der Waals surface area contributed by atoms with Gasteiger partial charge in [0.25, 0.3) is 0 Å². The Kier molecular flexibility index (Phi) is 4.03. The SMILES string of the molecule is Cc1ccc(Cc2ccc(NC(C)C)cc2)cc1. The number of hydrogen-bond donors (Lipinski definition) is 1. The minimum atomic E-state index is 0.480. The smallest absolute Gasteiger partial charge is 0.0342 e. The van der Waals surface area contributed by atoms with E-state index in [4.69, 9.17) is 0 Å². The summed E-state index contributed by atoms with van der Waals surface area (Å²) in [6.07, 6.45) is 1.00. The van der Waals surface area contributed by atoms with Gasteiger partial charge in [0.05, 0.1) is 0 Å². The molecule has 18 heavy (non-hydrogen) atoms. The molecule has 0 aromatic heterocycles. The molecule has 2 aromatic carbocycles. The summed E-state index contributed by atoms with van der Waals surface area (Å²) in [4.78, 5) is 0. The first-order chi connectivity index (χ1) is 8.63. The van der Waals surface area contributed by atoms with Crippen LogP contribution in [0.15, 0.2) is 48.5 Å². The second-order valence-corrected chi connectivity index (χ2v) is 5.16. The lowest BCUT2D eigenvalue weighted by Gasteiger charge is -2.10. The summed E-state index contributed by atoms with van der Waals surface area (Å²) in [6, 6.07) is 17.9. The Labute approximate surface area is 110 Å². The topological polar surface area (TPSA) is 12.0 Å². The monoisotopic (exact) mass is 239 g/mol. The maximum atomic E-state index is 3.40. The predicted octanol–water partition coefficient (Wildman–Crippen LogP) is 4.41. The summed E-state index contributed by atoms with van der Waals surface area (Å²) in [5.41, 5.74) is 5.23. The van der Waals surface area contributed by atoms with E-state index >= 15 is 0 Å². The lowest BCUT2D eigenvalue weighted by Crippen LogP contribution is -2.09. The highest BCUT2D eigenvalue weighted by atomic mass is 14.9. The molecule has 94 valence electrons. The highest BCUT2D eigenvalue weighted by molar-refractivity contribution is 5.46. The van der Waals surface area contributed by atoms with Crippen molar-refractivity contribution in [3.63, 3.8) is 0 Å². The third-order valence-corrected chi connectivity index (χ3v) is 2.94. The van der Waals surface area contributed by atoms with Gasteiger partial charge in [0, 0.05) is 11.7 Å². The fourth-order valence-corrected chi connectivity index (χ4v) is 1.99. The fourth-order valence-electron chi connectivity index (χ4n) is 1.99. The van der Waals surface area contributed by atoms with Gasteiger partial charge < -0.3 is 5.32 Å².